The van der Waals surface area contributed by atoms with Gasteiger partial charge >= 0.3 is 0 Å². The second-order valence-electron chi connectivity index (χ2n) is 5.72. The standard InChI is InChI=1S/C15H25NO/c1-12-11-14(15(2,3)4)9-8-13(12)7-5-6-10-17-16/h8-9,11H,5-7,10,16H2,1-4H3. The third-order valence-electron chi connectivity index (χ3n) is 3.17. The number of unbranched alkanes of at least 4 members (excludes halogenated alkanes) is 1. The lowest BCUT2D eigenvalue weighted by Crippen LogP contribution is -2.11. The van der Waals surface area contributed by atoms with E-state index in [9.17, 15) is 0 Å². The van der Waals surface area contributed by atoms with Gasteiger partial charge in [-0.1, -0.05) is 39.0 Å². The average molecular weight is 235 g/mol. The van der Waals surface area contributed by atoms with Crippen molar-refractivity contribution in [3.8, 4) is 0 Å². The number of rotatable bonds is 5. The third-order valence-corrected chi connectivity index (χ3v) is 3.17. The maximum absolute atomic E-state index is 5.01. The van der Waals surface area contributed by atoms with Gasteiger partial charge in [-0.05, 0) is 48.3 Å². The molecule has 0 aliphatic rings. The number of aryl methyl sites for hydroxylation is 2. The SMILES string of the molecule is Cc1cc(C(C)(C)C)ccc1CCCCON. The van der Waals surface area contributed by atoms with Crippen LogP contribution in [0.3, 0.4) is 0 Å². The Morgan fingerprint density at radius 1 is 1.18 bits per heavy atom. The molecule has 2 nitrogen and oxygen atoms in total. The summed E-state index contributed by atoms with van der Waals surface area (Å²) in [5, 5.41) is 0. The fraction of sp³-hybridized carbons (Fsp3) is 0.600. The Labute approximate surface area is 105 Å². The zero-order valence-corrected chi connectivity index (χ0v) is 11.5. The van der Waals surface area contributed by atoms with E-state index in [1.165, 1.54) is 16.7 Å². The second-order valence-corrected chi connectivity index (χ2v) is 5.72. The highest BCUT2D eigenvalue weighted by Gasteiger charge is 2.14. The molecule has 2 N–H and O–H groups in total. The molecular formula is C15H25NO. The Morgan fingerprint density at radius 2 is 1.88 bits per heavy atom. The molecule has 0 bridgehead atoms. The monoisotopic (exact) mass is 235 g/mol. The van der Waals surface area contributed by atoms with E-state index in [0.29, 0.717) is 6.61 Å². The van der Waals surface area contributed by atoms with Crippen molar-refractivity contribution in [3.63, 3.8) is 0 Å². The van der Waals surface area contributed by atoms with Crippen molar-refractivity contribution in [1.82, 2.24) is 0 Å². The van der Waals surface area contributed by atoms with Crippen LogP contribution in [0.15, 0.2) is 18.2 Å². The summed E-state index contributed by atoms with van der Waals surface area (Å²) in [4.78, 5) is 4.57. The minimum absolute atomic E-state index is 0.233. The molecule has 0 amide bonds. The van der Waals surface area contributed by atoms with Crippen molar-refractivity contribution in [2.45, 2.75) is 52.4 Å². The minimum atomic E-state index is 0.233. The summed E-state index contributed by atoms with van der Waals surface area (Å²) >= 11 is 0. The van der Waals surface area contributed by atoms with Crippen LogP contribution in [0, 0.1) is 6.92 Å². The Balaban J connectivity index is 2.64. The average Bonchev–Trinajstić information content (AvgIpc) is 2.24. The van der Waals surface area contributed by atoms with Crippen molar-refractivity contribution in [2.75, 3.05) is 6.61 Å². The van der Waals surface area contributed by atoms with E-state index in [-0.39, 0.29) is 5.41 Å². The summed E-state index contributed by atoms with van der Waals surface area (Å²) in [7, 11) is 0. The van der Waals surface area contributed by atoms with E-state index < -0.39 is 0 Å². The first kappa shape index (κ1) is 14.2. The van der Waals surface area contributed by atoms with Gasteiger partial charge in [0.25, 0.3) is 0 Å². The van der Waals surface area contributed by atoms with E-state index in [1.807, 2.05) is 0 Å². The summed E-state index contributed by atoms with van der Waals surface area (Å²) in [5.41, 5.74) is 4.47. The van der Waals surface area contributed by atoms with E-state index in [2.05, 4.69) is 50.7 Å². The quantitative estimate of drug-likeness (QED) is 0.626. The largest absolute Gasteiger partial charge is 0.305 e. The maximum atomic E-state index is 5.01. The van der Waals surface area contributed by atoms with Gasteiger partial charge in [-0.2, -0.15) is 0 Å². The molecule has 0 saturated carbocycles. The van der Waals surface area contributed by atoms with Crippen LogP contribution in [-0.4, -0.2) is 6.61 Å². The lowest BCUT2D eigenvalue weighted by Gasteiger charge is -2.20. The van der Waals surface area contributed by atoms with Crippen LogP contribution in [0.4, 0.5) is 0 Å². The number of hydrogen-bond donors (Lipinski definition) is 1. The molecule has 0 spiro atoms. The molecule has 1 aromatic carbocycles. The molecule has 0 aliphatic carbocycles. The lowest BCUT2D eigenvalue weighted by molar-refractivity contribution is 0.134. The molecule has 0 radical (unpaired) electrons. The molecule has 0 atom stereocenters. The highest BCUT2D eigenvalue weighted by molar-refractivity contribution is 5.34. The van der Waals surface area contributed by atoms with Crippen LogP contribution in [0.1, 0.15) is 50.3 Å². The van der Waals surface area contributed by atoms with Gasteiger partial charge in [-0.15, -0.1) is 0 Å². The smallest absolute Gasteiger partial charge is 0.0679 e. The third kappa shape index (κ3) is 4.49. The predicted molar refractivity (Wildman–Crippen MR) is 73.0 cm³/mol. The highest BCUT2D eigenvalue weighted by Crippen LogP contribution is 2.24. The first-order chi connectivity index (χ1) is 7.95. The summed E-state index contributed by atoms with van der Waals surface area (Å²) in [6, 6.07) is 6.83. The topological polar surface area (TPSA) is 35.2 Å². The van der Waals surface area contributed by atoms with Crippen molar-refractivity contribution >= 4 is 0 Å². The number of nitrogens with two attached hydrogens (primary N) is 1. The molecule has 0 aliphatic heterocycles. The summed E-state index contributed by atoms with van der Waals surface area (Å²) in [6.07, 6.45) is 3.27. The van der Waals surface area contributed by atoms with Gasteiger partial charge in [0.15, 0.2) is 0 Å². The van der Waals surface area contributed by atoms with Gasteiger partial charge in [0.05, 0.1) is 6.61 Å². The van der Waals surface area contributed by atoms with Gasteiger partial charge in [-0.3, -0.25) is 0 Å². The van der Waals surface area contributed by atoms with Crippen LogP contribution >= 0.6 is 0 Å². The van der Waals surface area contributed by atoms with Crippen LogP contribution in [0.25, 0.3) is 0 Å². The maximum Gasteiger partial charge on any atom is 0.0679 e. The highest BCUT2D eigenvalue weighted by atomic mass is 16.6. The van der Waals surface area contributed by atoms with Crippen molar-refractivity contribution in [2.24, 2.45) is 5.90 Å². The van der Waals surface area contributed by atoms with Crippen molar-refractivity contribution < 1.29 is 4.84 Å². The van der Waals surface area contributed by atoms with Gasteiger partial charge < -0.3 is 4.84 Å². The first-order valence-corrected chi connectivity index (χ1v) is 6.37. The van der Waals surface area contributed by atoms with Crippen molar-refractivity contribution in [3.05, 3.63) is 34.9 Å². The number of hydrogen-bond acceptors (Lipinski definition) is 2. The van der Waals surface area contributed by atoms with Gasteiger partial charge in [-0.25, -0.2) is 5.90 Å². The van der Waals surface area contributed by atoms with Gasteiger partial charge in [0, 0.05) is 0 Å². The molecule has 1 rings (SSSR count). The van der Waals surface area contributed by atoms with Crippen LogP contribution in [0.5, 0.6) is 0 Å². The minimum Gasteiger partial charge on any atom is -0.305 e. The molecule has 0 saturated heterocycles. The Kier molecular flexibility index (Phi) is 5.16. The Morgan fingerprint density at radius 3 is 2.41 bits per heavy atom. The molecule has 17 heavy (non-hydrogen) atoms. The lowest BCUT2D eigenvalue weighted by atomic mass is 9.85. The fourth-order valence-corrected chi connectivity index (χ4v) is 1.94. The molecule has 0 fully saturated rings. The van der Waals surface area contributed by atoms with Crippen LogP contribution in [0.2, 0.25) is 0 Å². The molecular weight excluding hydrogens is 210 g/mol. The van der Waals surface area contributed by atoms with Crippen LogP contribution < -0.4 is 5.90 Å². The predicted octanol–water partition coefficient (Wildman–Crippen LogP) is 3.51. The zero-order valence-electron chi connectivity index (χ0n) is 11.5. The number of benzene rings is 1. The fourth-order valence-electron chi connectivity index (χ4n) is 1.94. The van der Waals surface area contributed by atoms with E-state index in [4.69, 9.17) is 5.90 Å². The molecule has 0 aromatic heterocycles. The van der Waals surface area contributed by atoms with E-state index >= 15 is 0 Å². The summed E-state index contributed by atoms with van der Waals surface area (Å²) in [6.45, 7) is 9.60. The zero-order chi connectivity index (χ0) is 12.9. The second kappa shape index (κ2) is 6.18. The van der Waals surface area contributed by atoms with Crippen molar-refractivity contribution in [1.29, 1.82) is 0 Å². The molecule has 1 aromatic rings. The Hall–Kier alpha value is -0.860. The van der Waals surface area contributed by atoms with Gasteiger partial charge in [0.2, 0.25) is 0 Å². The van der Waals surface area contributed by atoms with Gasteiger partial charge in [0.1, 0.15) is 0 Å². The summed E-state index contributed by atoms with van der Waals surface area (Å²) < 4.78 is 0. The summed E-state index contributed by atoms with van der Waals surface area (Å²) in [5.74, 6) is 5.01. The Bertz CT molecular complexity index is 352. The molecule has 96 valence electrons. The van der Waals surface area contributed by atoms with Crippen LogP contribution in [-0.2, 0) is 16.7 Å². The molecule has 0 unspecified atom stereocenters. The molecule has 2 heteroatoms. The normalized spacial score (nSPS) is 11.8. The van der Waals surface area contributed by atoms with E-state index in [1.54, 1.807) is 0 Å². The molecule has 0 heterocycles. The van der Waals surface area contributed by atoms with E-state index in [0.717, 1.165) is 19.3 Å². The first-order valence-electron chi connectivity index (χ1n) is 6.37.